The van der Waals surface area contributed by atoms with Crippen molar-refractivity contribution in [3.63, 3.8) is 0 Å². The number of hydrogen-bond acceptors (Lipinski definition) is 2. The van der Waals surface area contributed by atoms with Crippen LogP contribution in [-0.4, -0.2) is 7.05 Å². The van der Waals surface area contributed by atoms with Crippen LogP contribution in [0.4, 0.5) is 0 Å². The Labute approximate surface area is 124 Å². The molecule has 1 nitrogen and oxygen atoms in total. The monoisotopic (exact) mass is 291 g/mol. The lowest BCUT2D eigenvalue weighted by atomic mass is 10.1. The second kappa shape index (κ2) is 6.47. The predicted octanol–water partition coefficient (Wildman–Crippen LogP) is 4.83. The highest BCUT2D eigenvalue weighted by molar-refractivity contribution is 7.99. The summed E-state index contributed by atoms with van der Waals surface area (Å²) in [7, 11) is 1.94. The van der Waals surface area contributed by atoms with Gasteiger partial charge < -0.3 is 5.32 Å². The van der Waals surface area contributed by atoms with Gasteiger partial charge in [-0.3, -0.25) is 0 Å². The van der Waals surface area contributed by atoms with Crippen LogP contribution in [0.1, 0.15) is 16.7 Å². The molecule has 0 spiro atoms. The molecule has 0 saturated carbocycles. The number of nitrogens with one attached hydrogen (secondary N) is 1. The number of hydrogen-bond donors (Lipinski definition) is 1. The van der Waals surface area contributed by atoms with Gasteiger partial charge in [0.05, 0.1) is 5.02 Å². The zero-order chi connectivity index (χ0) is 13.8. The van der Waals surface area contributed by atoms with E-state index in [2.05, 4.69) is 49.5 Å². The zero-order valence-corrected chi connectivity index (χ0v) is 13.0. The maximum Gasteiger partial charge on any atom is 0.0548 e. The van der Waals surface area contributed by atoms with E-state index < -0.39 is 0 Å². The van der Waals surface area contributed by atoms with Crippen molar-refractivity contribution in [3.05, 3.63) is 58.1 Å². The molecule has 3 heteroatoms. The minimum absolute atomic E-state index is 0.816. The molecule has 2 aromatic rings. The van der Waals surface area contributed by atoms with Crippen LogP contribution in [0.5, 0.6) is 0 Å². The van der Waals surface area contributed by atoms with Crippen molar-refractivity contribution < 1.29 is 0 Å². The maximum atomic E-state index is 6.34. The fraction of sp³-hybridized carbons (Fsp3) is 0.250. The van der Waals surface area contributed by atoms with E-state index >= 15 is 0 Å². The van der Waals surface area contributed by atoms with Crippen LogP contribution in [-0.2, 0) is 6.54 Å². The summed E-state index contributed by atoms with van der Waals surface area (Å²) in [5, 5.41) is 3.94. The van der Waals surface area contributed by atoms with E-state index in [4.69, 9.17) is 11.6 Å². The molecule has 0 aromatic heterocycles. The first-order valence-corrected chi connectivity index (χ1v) is 7.47. The van der Waals surface area contributed by atoms with Gasteiger partial charge in [0.2, 0.25) is 0 Å². The van der Waals surface area contributed by atoms with Crippen LogP contribution in [0.3, 0.4) is 0 Å². The average molecular weight is 292 g/mol. The fourth-order valence-corrected chi connectivity index (χ4v) is 3.08. The quantitative estimate of drug-likeness (QED) is 0.866. The molecule has 0 fully saturated rings. The number of halogens is 1. The minimum atomic E-state index is 0.816. The van der Waals surface area contributed by atoms with Crippen molar-refractivity contribution >= 4 is 23.4 Å². The van der Waals surface area contributed by atoms with Crippen molar-refractivity contribution in [1.82, 2.24) is 5.32 Å². The van der Waals surface area contributed by atoms with Crippen LogP contribution < -0.4 is 5.32 Å². The van der Waals surface area contributed by atoms with Crippen molar-refractivity contribution in [2.45, 2.75) is 30.2 Å². The van der Waals surface area contributed by atoms with Gasteiger partial charge in [-0.25, -0.2) is 0 Å². The van der Waals surface area contributed by atoms with Crippen LogP contribution in [0, 0.1) is 13.8 Å². The average Bonchev–Trinajstić information content (AvgIpc) is 2.37. The summed E-state index contributed by atoms with van der Waals surface area (Å²) in [5.41, 5.74) is 3.84. The molecule has 0 heterocycles. The third-order valence-corrected chi connectivity index (χ3v) is 4.57. The molecule has 0 amide bonds. The molecule has 0 unspecified atom stereocenters. The van der Waals surface area contributed by atoms with Gasteiger partial charge in [0.25, 0.3) is 0 Å². The third-order valence-electron chi connectivity index (χ3n) is 3.08. The predicted molar refractivity (Wildman–Crippen MR) is 84.3 cm³/mol. The first-order valence-electron chi connectivity index (χ1n) is 6.28. The van der Waals surface area contributed by atoms with Crippen LogP contribution in [0.2, 0.25) is 5.02 Å². The van der Waals surface area contributed by atoms with Gasteiger partial charge in [0.1, 0.15) is 0 Å². The molecule has 19 heavy (non-hydrogen) atoms. The second-order valence-corrected chi connectivity index (χ2v) is 6.17. The van der Waals surface area contributed by atoms with Gasteiger partial charge in [0.15, 0.2) is 0 Å². The fourth-order valence-electron chi connectivity index (χ4n) is 1.85. The summed E-state index contributed by atoms with van der Waals surface area (Å²) < 4.78 is 0. The highest BCUT2D eigenvalue weighted by atomic mass is 35.5. The summed E-state index contributed by atoms with van der Waals surface area (Å²) in [6, 6.07) is 12.7. The molecule has 2 rings (SSSR count). The molecular weight excluding hydrogens is 274 g/mol. The molecule has 0 bridgehead atoms. The van der Waals surface area contributed by atoms with Gasteiger partial charge in [-0.15, -0.1) is 0 Å². The van der Waals surface area contributed by atoms with Gasteiger partial charge in [-0.2, -0.15) is 0 Å². The summed E-state index contributed by atoms with van der Waals surface area (Å²) >= 11 is 8.05. The molecule has 0 atom stereocenters. The summed E-state index contributed by atoms with van der Waals surface area (Å²) in [6.07, 6.45) is 0. The topological polar surface area (TPSA) is 12.0 Å². The van der Waals surface area contributed by atoms with E-state index in [1.54, 1.807) is 11.8 Å². The second-order valence-electron chi connectivity index (χ2n) is 4.64. The van der Waals surface area contributed by atoms with Crippen molar-refractivity contribution in [2.75, 3.05) is 7.05 Å². The summed E-state index contributed by atoms with van der Waals surface area (Å²) in [6.45, 7) is 5.11. The largest absolute Gasteiger partial charge is 0.316 e. The minimum Gasteiger partial charge on any atom is -0.316 e. The van der Waals surface area contributed by atoms with E-state index in [9.17, 15) is 0 Å². The van der Waals surface area contributed by atoms with E-state index in [0.717, 1.165) is 16.5 Å². The Kier molecular flexibility index (Phi) is 4.92. The number of aryl methyl sites for hydroxylation is 2. The third kappa shape index (κ3) is 3.75. The molecule has 1 N–H and O–H groups in total. The van der Waals surface area contributed by atoms with E-state index in [1.807, 2.05) is 13.1 Å². The number of benzene rings is 2. The van der Waals surface area contributed by atoms with Crippen molar-refractivity contribution in [2.24, 2.45) is 0 Å². The Morgan fingerprint density at radius 1 is 1.05 bits per heavy atom. The Bertz CT molecular complexity index is 581. The molecule has 0 aliphatic carbocycles. The van der Waals surface area contributed by atoms with Gasteiger partial charge in [-0.05, 0) is 61.9 Å². The van der Waals surface area contributed by atoms with E-state index in [1.165, 1.54) is 21.6 Å². The van der Waals surface area contributed by atoms with Crippen LogP contribution in [0.15, 0.2) is 46.2 Å². The first-order chi connectivity index (χ1) is 9.10. The summed E-state index contributed by atoms with van der Waals surface area (Å²) in [4.78, 5) is 2.33. The molecule has 2 aromatic carbocycles. The standard InChI is InChI=1S/C16H18ClNS/c1-11-4-6-14(8-12(11)2)19-16-7-5-13(10-18-3)9-15(16)17/h4-9,18H,10H2,1-3H3. The molecule has 0 aliphatic heterocycles. The normalized spacial score (nSPS) is 10.7. The van der Waals surface area contributed by atoms with E-state index in [-0.39, 0.29) is 0 Å². The van der Waals surface area contributed by atoms with Crippen LogP contribution in [0.25, 0.3) is 0 Å². The highest BCUT2D eigenvalue weighted by Crippen LogP contribution is 2.34. The Morgan fingerprint density at radius 2 is 1.84 bits per heavy atom. The van der Waals surface area contributed by atoms with Crippen molar-refractivity contribution in [1.29, 1.82) is 0 Å². The Morgan fingerprint density at radius 3 is 2.47 bits per heavy atom. The van der Waals surface area contributed by atoms with Gasteiger partial charge in [0, 0.05) is 16.3 Å². The molecular formula is C16H18ClNS. The van der Waals surface area contributed by atoms with E-state index in [0.29, 0.717) is 0 Å². The van der Waals surface area contributed by atoms with Crippen LogP contribution >= 0.6 is 23.4 Å². The smallest absolute Gasteiger partial charge is 0.0548 e. The maximum absolute atomic E-state index is 6.34. The lowest BCUT2D eigenvalue weighted by Gasteiger charge is -2.08. The highest BCUT2D eigenvalue weighted by Gasteiger charge is 2.05. The first kappa shape index (κ1) is 14.4. The zero-order valence-electron chi connectivity index (χ0n) is 11.5. The molecule has 100 valence electrons. The van der Waals surface area contributed by atoms with Gasteiger partial charge >= 0.3 is 0 Å². The summed E-state index contributed by atoms with van der Waals surface area (Å²) in [5.74, 6) is 0. The lowest BCUT2D eigenvalue weighted by molar-refractivity contribution is 0.817. The van der Waals surface area contributed by atoms with Crippen molar-refractivity contribution in [3.8, 4) is 0 Å². The Balaban J connectivity index is 2.20. The Hall–Kier alpha value is -0.960. The lowest BCUT2D eigenvalue weighted by Crippen LogP contribution is -2.04. The molecule has 0 saturated heterocycles. The SMILES string of the molecule is CNCc1ccc(Sc2ccc(C)c(C)c2)c(Cl)c1. The number of rotatable bonds is 4. The molecule has 0 aliphatic rings. The van der Waals surface area contributed by atoms with Gasteiger partial charge in [-0.1, -0.05) is 35.5 Å². The molecule has 0 radical (unpaired) electrons.